The summed E-state index contributed by atoms with van der Waals surface area (Å²) in [6.07, 6.45) is 9.81. The molecule has 2 heteroatoms. The Bertz CT molecular complexity index is 195. The molecule has 2 aliphatic carbocycles. The van der Waals surface area contributed by atoms with Gasteiger partial charge in [-0.2, -0.15) is 0 Å². The van der Waals surface area contributed by atoms with Crippen LogP contribution in [0.5, 0.6) is 0 Å². The molecule has 2 aliphatic rings. The Morgan fingerprint density at radius 2 is 1.81 bits per heavy atom. The molecule has 2 nitrogen and oxygen atoms in total. The van der Waals surface area contributed by atoms with Gasteiger partial charge in [0.25, 0.3) is 0 Å². The van der Waals surface area contributed by atoms with E-state index in [2.05, 4.69) is 12.2 Å². The fraction of sp³-hybridized carbons (Fsp3) is 1.00. The van der Waals surface area contributed by atoms with Crippen LogP contribution in [-0.2, 0) is 4.74 Å². The van der Waals surface area contributed by atoms with Gasteiger partial charge >= 0.3 is 0 Å². The highest BCUT2D eigenvalue weighted by atomic mass is 16.5. The second kappa shape index (κ2) is 6.02. The molecule has 0 aromatic carbocycles. The van der Waals surface area contributed by atoms with E-state index in [1.54, 1.807) is 0 Å². The fourth-order valence-electron chi connectivity index (χ4n) is 3.04. The lowest BCUT2D eigenvalue weighted by molar-refractivity contribution is 0.142. The van der Waals surface area contributed by atoms with Crippen LogP contribution in [0, 0.1) is 11.8 Å². The van der Waals surface area contributed by atoms with Crippen LogP contribution in [0.25, 0.3) is 0 Å². The van der Waals surface area contributed by atoms with Gasteiger partial charge in [-0.25, -0.2) is 0 Å². The van der Waals surface area contributed by atoms with E-state index in [9.17, 15) is 0 Å². The normalized spacial score (nSPS) is 32.6. The lowest BCUT2D eigenvalue weighted by Crippen LogP contribution is -2.44. The highest BCUT2D eigenvalue weighted by molar-refractivity contribution is 4.89. The smallest absolute Gasteiger partial charge is 0.0618 e. The minimum atomic E-state index is 0.633. The van der Waals surface area contributed by atoms with E-state index < -0.39 is 0 Å². The Kier molecular flexibility index (Phi) is 4.66. The molecule has 0 radical (unpaired) electrons. The lowest BCUT2D eigenvalue weighted by Gasteiger charge is -2.31. The maximum absolute atomic E-state index is 5.33. The highest BCUT2D eigenvalue weighted by Crippen LogP contribution is 2.34. The van der Waals surface area contributed by atoms with E-state index in [1.165, 1.54) is 44.9 Å². The first-order valence-electron chi connectivity index (χ1n) is 7.08. The van der Waals surface area contributed by atoms with Crippen molar-refractivity contribution in [2.45, 2.75) is 64.0 Å². The van der Waals surface area contributed by atoms with Crippen molar-refractivity contribution in [3.8, 4) is 0 Å². The fourth-order valence-corrected chi connectivity index (χ4v) is 3.04. The third-order valence-corrected chi connectivity index (χ3v) is 4.41. The van der Waals surface area contributed by atoms with Crippen LogP contribution in [0.4, 0.5) is 0 Å². The molecule has 1 atom stereocenters. The van der Waals surface area contributed by atoms with Crippen molar-refractivity contribution >= 4 is 0 Å². The summed E-state index contributed by atoms with van der Waals surface area (Å²) in [7, 11) is 1.82. The maximum Gasteiger partial charge on any atom is 0.0618 e. The van der Waals surface area contributed by atoms with Crippen LogP contribution in [0.1, 0.15) is 51.9 Å². The van der Waals surface area contributed by atoms with Gasteiger partial charge in [0.15, 0.2) is 0 Å². The largest absolute Gasteiger partial charge is 0.383 e. The van der Waals surface area contributed by atoms with E-state index in [1.807, 2.05) is 7.11 Å². The van der Waals surface area contributed by atoms with Gasteiger partial charge in [0.2, 0.25) is 0 Å². The van der Waals surface area contributed by atoms with E-state index in [0.29, 0.717) is 6.04 Å². The molecule has 0 aromatic rings. The number of rotatable bonds is 6. The molecule has 0 amide bonds. The number of ether oxygens (including phenoxy) is 1. The summed E-state index contributed by atoms with van der Waals surface area (Å²) in [4.78, 5) is 0. The van der Waals surface area contributed by atoms with Crippen LogP contribution in [0.15, 0.2) is 0 Å². The van der Waals surface area contributed by atoms with Crippen LogP contribution in [0.2, 0.25) is 0 Å². The molecule has 94 valence electrons. The predicted molar refractivity (Wildman–Crippen MR) is 67.6 cm³/mol. The average molecular weight is 225 g/mol. The molecule has 0 heterocycles. The SMILES string of the molecule is CCC1CCC(NC(COC)C2CC2)CC1. The molecular weight excluding hydrogens is 198 g/mol. The van der Waals surface area contributed by atoms with Crippen LogP contribution in [0.3, 0.4) is 0 Å². The predicted octanol–water partition coefficient (Wildman–Crippen LogP) is 2.97. The Morgan fingerprint density at radius 3 is 2.31 bits per heavy atom. The molecule has 2 saturated carbocycles. The van der Waals surface area contributed by atoms with E-state index >= 15 is 0 Å². The van der Waals surface area contributed by atoms with Crippen molar-refractivity contribution in [2.75, 3.05) is 13.7 Å². The zero-order chi connectivity index (χ0) is 11.4. The van der Waals surface area contributed by atoms with Gasteiger partial charge < -0.3 is 10.1 Å². The molecule has 0 spiro atoms. The standard InChI is InChI=1S/C14H27NO/c1-3-11-4-8-13(9-5-11)15-14(10-16-2)12-6-7-12/h11-15H,3-10H2,1-2H3. The minimum absolute atomic E-state index is 0.633. The second-order valence-corrected chi connectivity index (χ2v) is 5.69. The summed E-state index contributed by atoms with van der Waals surface area (Å²) in [5.74, 6) is 1.91. The zero-order valence-corrected chi connectivity index (χ0v) is 10.9. The summed E-state index contributed by atoms with van der Waals surface area (Å²) in [6.45, 7) is 3.23. The summed E-state index contributed by atoms with van der Waals surface area (Å²) in [5.41, 5.74) is 0. The van der Waals surface area contributed by atoms with Crippen molar-refractivity contribution in [3.63, 3.8) is 0 Å². The topological polar surface area (TPSA) is 21.3 Å². The van der Waals surface area contributed by atoms with Gasteiger partial charge in [-0.3, -0.25) is 0 Å². The van der Waals surface area contributed by atoms with Crippen LogP contribution >= 0.6 is 0 Å². The molecule has 2 rings (SSSR count). The van der Waals surface area contributed by atoms with Crippen molar-refractivity contribution in [1.29, 1.82) is 0 Å². The van der Waals surface area contributed by atoms with E-state index in [-0.39, 0.29) is 0 Å². The number of nitrogens with one attached hydrogen (secondary N) is 1. The molecule has 1 N–H and O–H groups in total. The van der Waals surface area contributed by atoms with Crippen molar-refractivity contribution < 1.29 is 4.74 Å². The first-order chi connectivity index (χ1) is 7.83. The van der Waals surface area contributed by atoms with Crippen LogP contribution < -0.4 is 5.32 Å². The van der Waals surface area contributed by atoms with Crippen LogP contribution in [-0.4, -0.2) is 25.8 Å². The minimum Gasteiger partial charge on any atom is -0.383 e. The molecule has 0 aromatic heterocycles. The monoisotopic (exact) mass is 225 g/mol. The molecule has 1 unspecified atom stereocenters. The Morgan fingerprint density at radius 1 is 1.12 bits per heavy atom. The van der Waals surface area contributed by atoms with Gasteiger partial charge in [-0.15, -0.1) is 0 Å². The summed E-state index contributed by atoms with van der Waals surface area (Å²) in [5, 5.41) is 3.84. The number of hydrogen-bond donors (Lipinski definition) is 1. The lowest BCUT2D eigenvalue weighted by atomic mass is 9.84. The van der Waals surface area contributed by atoms with E-state index in [0.717, 1.165) is 24.5 Å². The third kappa shape index (κ3) is 3.46. The van der Waals surface area contributed by atoms with Gasteiger partial charge in [0.1, 0.15) is 0 Å². The average Bonchev–Trinajstić information content (AvgIpc) is 3.13. The Hall–Kier alpha value is -0.0800. The molecule has 0 bridgehead atoms. The van der Waals surface area contributed by atoms with Gasteiger partial charge in [0.05, 0.1) is 6.61 Å². The highest BCUT2D eigenvalue weighted by Gasteiger charge is 2.33. The number of methoxy groups -OCH3 is 1. The second-order valence-electron chi connectivity index (χ2n) is 5.69. The molecular formula is C14H27NO. The zero-order valence-electron chi connectivity index (χ0n) is 10.9. The number of hydrogen-bond acceptors (Lipinski definition) is 2. The summed E-state index contributed by atoms with van der Waals surface area (Å²) in [6, 6.07) is 1.40. The molecule has 2 fully saturated rings. The first-order valence-corrected chi connectivity index (χ1v) is 7.08. The Labute approximate surface area is 100 Å². The van der Waals surface area contributed by atoms with Gasteiger partial charge in [0, 0.05) is 19.2 Å². The molecule has 0 aliphatic heterocycles. The third-order valence-electron chi connectivity index (χ3n) is 4.41. The summed E-state index contributed by atoms with van der Waals surface area (Å²) < 4.78 is 5.33. The quantitative estimate of drug-likeness (QED) is 0.750. The molecule has 0 saturated heterocycles. The molecule has 16 heavy (non-hydrogen) atoms. The van der Waals surface area contributed by atoms with Crippen molar-refractivity contribution in [2.24, 2.45) is 11.8 Å². The van der Waals surface area contributed by atoms with Gasteiger partial charge in [-0.1, -0.05) is 13.3 Å². The van der Waals surface area contributed by atoms with Crippen molar-refractivity contribution in [1.82, 2.24) is 5.32 Å². The summed E-state index contributed by atoms with van der Waals surface area (Å²) >= 11 is 0. The maximum atomic E-state index is 5.33. The van der Waals surface area contributed by atoms with Gasteiger partial charge in [-0.05, 0) is 50.4 Å². The Balaban J connectivity index is 1.71. The first kappa shape index (κ1) is 12.4. The van der Waals surface area contributed by atoms with Crippen molar-refractivity contribution in [3.05, 3.63) is 0 Å². The van der Waals surface area contributed by atoms with E-state index in [4.69, 9.17) is 4.74 Å².